The Morgan fingerprint density at radius 3 is 2.64 bits per heavy atom. The van der Waals surface area contributed by atoms with Gasteiger partial charge in [0.25, 0.3) is 5.91 Å². The van der Waals surface area contributed by atoms with Crippen LogP contribution in [-0.4, -0.2) is 20.4 Å². The number of hydrogen-bond donors (Lipinski definition) is 1. The first-order valence-electron chi connectivity index (χ1n) is 6.92. The fourth-order valence-electron chi connectivity index (χ4n) is 2.82. The van der Waals surface area contributed by atoms with Crippen LogP contribution in [0.1, 0.15) is 22.8 Å². The van der Waals surface area contributed by atoms with Crippen LogP contribution in [0.25, 0.3) is 0 Å². The number of amides is 1. The summed E-state index contributed by atoms with van der Waals surface area (Å²) in [7, 11) is -3.83. The van der Waals surface area contributed by atoms with E-state index < -0.39 is 10.0 Å². The zero-order valence-corrected chi connectivity index (χ0v) is 12.9. The minimum absolute atomic E-state index is 0.0306. The molecule has 6 heteroatoms. The van der Waals surface area contributed by atoms with E-state index in [2.05, 4.69) is 0 Å². The molecule has 2 aromatic rings. The number of carbonyl (C=O) groups excluding carboxylic acids is 1. The van der Waals surface area contributed by atoms with E-state index in [0.29, 0.717) is 5.56 Å². The highest BCUT2D eigenvalue weighted by Gasteiger charge is 2.31. The quantitative estimate of drug-likeness (QED) is 0.919. The molecular weight excluding hydrogens is 300 g/mol. The molecule has 0 fully saturated rings. The summed E-state index contributed by atoms with van der Waals surface area (Å²) < 4.78 is 22.9. The summed E-state index contributed by atoms with van der Waals surface area (Å²) in [6, 6.07) is 13.6. The van der Waals surface area contributed by atoms with Crippen molar-refractivity contribution in [1.82, 2.24) is 0 Å². The van der Waals surface area contributed by atoms with Gasteiger partial charge in [-0.05, 0) is 43.2 Å². The van der Waals surface area contributed by atoms with Crippen molar-refractivity contribution in [2.24, 2.45) is 5.14 Å². The fraction of sp³-hybridized carbons (Fsp3) is 0.188. The Kier molecular flexibility index (Phi) is 3.50. The number of benzene rings is 2. The van der Waals surface area contributed by atoms with Gasteiger partial charge in [-0.15, -0.1) is 0 Å². The molecule has 1 atom stereocenters. The third kappa shape index (κ3) is 2.51. The van der Waals surface area contributed by atoms with E-state index in [1.807, 2.05) is 31.2 Å². The van der Waals surface area contributed by atoms with Gasteiger partial charge in [-0.25, -0.2) is 13.6 Å². The summed E-state index contributed by atoms with van der Waals surface area (Å²) >= 11 is 0. The van der Waals surface area contributed by atoms with Crippen LogP contribution >= 0.6 is 0 Å². The maximum Gasteiger partial charge on any atom is 0.258 e. The van der Waals surface area contributed by atoms with E-state index in [0.717, 1.165) is 17.7 Å². The van der Waals surface area contributed by atoms with Crippen LogP contribution in [-0.2, 0) is 16.4 Å². The molecule has 0 aromatic heterocycles. The maximum absolute atomic E-state index is 12.8. The lowest BCUT2D eigenvalue weighted by atomic mass is 10.1. The number of sulfonamides is 1. The number of hydrogen-bond acceptors (Lipinski definition) is 3. The Bertz CT molecular complexity index is 846. The van der Waals surface area contributed by atoms with Crippen molar-refractivity contribution in [3.63, 3.8) is 0 Å². The van der Waals surface area contributed by atoms with Gasteiger partial charge >= 0.3 is 0 Å². The van der Waals surface area contributed by atoms with Crippen LogP contribution in [0, 0.1) is 0 Å². The smallest absolute Gasteiger partial charge is 0.258 e. The standard InChI is InChI=1S/C16H16N2O3S/c1-11-9-12-5-2-3-8-15(12)18(11)16(19)13-6-4-7-14(10-13)22(17,20)21/h2-8,10-11H,9H2,1H3,(H2,17,20,21). The minimum Gasteiger partial charge on any atom is -0.305 e. The molecule has 2 N–H and O–H groups in total. The third-order valence-electron chi connectivity index (χ3n) is 3.84. The second kappa shape index (κ2) is 5.23. The second-order valence-corrected chi connectivity index (χ2v) is 6.99. The number of primary sulfonamides is 1. The summed E-state index contributed by atoms with van der Waals surface area (Å²) in [4.78, 5) is 14.4. The van der Waals surface area contributed by atoms with Crippen molar-refractivity contribution >= 4 is 21.6 Å². The lowest BCUT2D eigenvalue weighted by molar-refractivity contribution is 0.0981. The number of nitrogens with two attached hydrogens (primary N) is 1. The SMILES string of the molecule is CC1Cc2ccccc2N1C(=O)c1cccc(S(N)(=O)=O)c1. The van der Waals surface area contributed by atoms with Gasteiger partial charge in [-0.1, -0.05) is 24.3 Å². The van der Waals surface area contributed by atoms with Gasteiger partial charge in [0.05, 0.1) is 4.90 Å². The molecule has 0 spiro atoms. The molecular formula is C16H16N2O3S. The number of para-hydroxylation sites is 1. The molecule has 5 nitrogen and oxygen atoms in total. The van der Waals surface area contributed by atoms with E-state index >= 15 is 0 Å². The first kappa shape index (κ1) is 14.7. The van der Waals surface area contributed by atoms with Gasteiger partial charge < -0.3 is 4.90 Å². The Morgan fingerprint density at radius 1 is 1.18 bits per heavy atom. The topological polar surface area (TPSA) is 80.5 Å². The lowest BCUT2D eigenvalue weighted by Gasteiger charge is -2.23. The highest BCUT2D eigenvalue weighted by Crippen LogP contribution is 2.33. The molecule has 0 saturated carbocycles. The van der Waals surface area contributed by atoms with Crippen molar-refractivity contribution in [1.29, 1.82) is 0 Å². The molecule has 1 amide bonds. The van der Waals surface area contributed by atoms with Crippen molar-refractivity contribution in [3.05, 3.63) is 59.7 Å². The van der Waals surface area contributed by atoms with Gasteiger partial charge in [-0.3, -0.25) is 4.79 Å². The van der Waals surface area contributed by atoms with Gasteiger partial charge in [0.15, 0.2) is 0 Å². The highest BCUT2D eigenvalue weighted by molar-refractivity contribution is 7.89. The molecule has 1 heterocycles. The molecule has 0 saturated heterocycles. The Hall–Kier alpha value is -2.18. The maximum atomic E-state index is 12.8. The van der Waals surface area contributed by atoms with Gasteiger partial charge in [-0.2, -0.15) is 0 Å². The number of anilines is 1. The Labute approximate surface area is 129 Å². The molecule has 1 unspecified atom stereocenters. The molecule has 114 valence electrons. The van der Waals surface area contributed by atoms with E-state index in [-0.39, 0.29) is 16.8 Å². The summed E-state index contributed by atoms with van der Waals surface area (Å²) in [6.07, 6.45) is 0.788. The van der Waals surface area contributed by atoms with E-state index in [1.54, 1.807) is 11.0 Å². The van der Waals surface area contributed by atoms with Crippen LogP contribution < -0.4 is 10.0 Å². The zero-order valence-electron chi connectivity index (χ0n) is 12.1. The molecule has 3 rings (SSSR count). The molecule has 0 aliphatic carbocycles. The van der Waals surface area contributed by atoms with E-state index in [9.17, 15) is 13.2 Å². The molecule has 22 heavy (non-hydrogen) atoms. The molecule has 0 bridgehead atoms. The largest absolute Gasteiger partial charge is 0.305 e. The summed E-state index contributed by atoms with van der Waals surface area (Å²) in [5, 5.41) is 5.13. The predicted molar refractivity (Wildman–Crippen MR) is 84.2 cm³/mol. The van der Waals surface area contributed by atoms with Crippen LogP contribution in [0.4, 0.5) is 5.69 Å². The molecule has 0 radical (unpaired) electrons. The van der Waals surface area contributed by atoms with Crippen molar-refractivity contribution in [2.45, 2.75) is 24.3 Å². The van der Waals surface area contributed by atoms with Crippen LogP contribution in [0.3, 0.4) is 0 Å². The number of rotatable bonds is 2. The highest BCUT2D eigenvalue weighted by atomic mass is 32.2. The molecule has 1 aliphatic rings. The third-order valence-corrected chi connectivity index (χ3v) is 4.75. The number of nitrogens with zero attached hydrogens (tertiary/aromatic N) is 1. The van der Waals surface area contributed by atoms with Crippen molar-refractivity contribution < 1.29 is 13.2 Å². The first-order chi connectivity index (χ1) is 10.4. The Morgan fingerprint density at radius 2 is 1.91 bits per heavy atom. The van der Waals surface area contributed by atoms with Crippen molar-refractivity contribution in [2.75, 3.05) is 4.90 Å². The summed E-state index contributed by atoms with van der Waals surface area (Å²) in [5.74, 6) is -0.219. The summed E-state index contributed by atoms with van der Waals surface area (Å²) in [5.41, 5.74) is 2.31. The predicted octanol–water partition coefficient (Wildman–Crippen LogP) is 1.93. The monoisotopic (exact) mass is 316 g/mol. The lowest BCUT2D eigenvalue weighted by Crippen LogP contribution is -2.35. The average molecular weight is 316 g/mol. The van der Waals surface area contributed by atoms with Gasteiger partial charge in [0.2, 0.25) is 10.0 Å². The van der Waals surface area contributed by atoms with Gasteiger partial charge in [0, 0.05) is 17.3 Å². The first-order valence-corrected chi connectivity index (χ1v) is 8.47. The number of fused-ring (bicyclic) bond motifs is 1. The fourth-order valence-corrected chi connectivity index (χ4v) is 3.38. The molecule has 2 aromatic carbocycles. The van der Waals surface area contributed by atoms with Crippen molar-refractivity contribution in [3.8, 4) is 0 Å². The number of carbonyl (C=O) groups is 1. The Balaban J connectivity index is 2.02. The van der Waals surface area contributed by atoms with Crippen LogP contribution in [0.5, 0.6) is 0 Å². The molecule has 1 aliphatic heterocycles. The van der Waals surface area contributed by atoms with E-state index in [4.69, 9.17) is 5.14 Å². The second-order valence-electron chi connectivity index (χ2n) is 5.43. The normalized spacial score (nSPS) is 17.4. The average Bonchev–Trinajstić information content (AvgIpc) is 2.81. The van der Waals surface area contributed by atoms with Crippen LogP contribution in [0.15, 0.2) is 53.4 Å². The minimum atomic E-state index is -3.83. The van der Waals surface area contributed by atoms with Gasteiger partial charge in [0.1, 0.15) is 0 Å². The summed E-state index contributed by atoms with van der Waals surface area (Å²) in [6.45, 7) is 1.97. The van der Waals surface area contributed by atoms with E-state index in [1.165, 1.54) is 18.2 Å². The zero-order chi connectivity index (χ0) is 15.9. The van der Waals surface area contributed by atoms with Crippen LogP contribution in [0.2, 0.25) is 0 Å².